The normalized spacial score (nSPS) is 29.5. The Hall–Kier alpha value is -1.39. The fourth-order valence-electron chi connectivity index (χ4n) is 4.08. The number of ether oxygens (including phenoxy) is 1. The molecule has 2 unspecified atom stereocenters. The molecule has 3 fully saturated rings. The van der Waals surface area contributed by atoms with E-state index in [2.05, 4.69) is 0 Å². The van der Waals surface area contributed by atoms with Crippen molar-refractivity contribution in [1.29, 1.82) is 0 Å². The molecule has 3 aliphatic rings. The smallest absolute Gasteiger partial charge is 0.307 e. The van der Waals surface area contributed by atoms with Crippen LogP contribution in [0.5, 0.6) is 0 Å². The highest BCUT2D eigenvalue weighted by atomic mass is 16.5. The Morgan fingerprint density at radius 3 is 2.05 bits per heavy atom. The first kappa shape index (κ1) is 15.5. The average molecular weight is 307 g/mol. The van der Waals surface area contributed by atoms with Gasteiger partial charge in [-0.25, -0.2) is 0 Å². The predicted octanol–water partition coefficient (Wildman–Crippen LogP) is 2.43. The lowest BCUT2D eigenvalue weighted by molar-refractivity contribution is -0.151. The van der Waals surface area contributed by atoms with Crippen molar-refractivity contribution in [1.82, 2.24) is 4.90 Å². The van der Waals surface area contributed by atoms with E-state index in [9.17, 15) is 14.4 Å². The minimum Gasteiger partial charge on any atom is -0.462 e. The van der Waals surface area contributed by atoms with Crippen molar-refractivity contribution in [2.24, 2.45) is 11.8 Å². The number of hydrogen-bond acceptors (Lipinski definition) is 4. The zero-order valence-electron chi connectivity index (χ0n) is 13.1. The Balaban J connectivity index is 1.49. The van der Waals surface area contributed by atoms with Gasteiger partial charge in [-0.2, -0.15) is 0 Å². The van der Waals surface area contributed by atoms with Crippen molar-refractivity contribution in [3.63, 3.8) is 0 Å². The summed E-state index contributed by atoms with van der Waals surface area (Å²) in [6.07, 6.45) is 9.19. The summed E-state index contributed by atoms with van der Waals surface area (Å²) < 4.78 is 5.45. The first-order chi connectivity index (χ1) is 10.7. The Kier molecular flexibility index (Phi) is 4.79. The Morgan fingerprint density at radius 2 is 1.45 bits per heavy atom. The predicted molar refractivity (Wildman–Crippen MR) is 79.8 cm³/mol. The SMILES string of the molecule is O=C(CCN1C(=O)C2CCCCC2C1=O)OC1CCCCC1. The van der Waals surface area contributed by atoms with Crippen LogP contribution in [0, 0.1) is 11.8 Å². The zero-order valence-corrected chi connectivity index (χ0v) is 13.1. The Labute approximate surface area is 131 Å². The van der Waals surface area contributed by atoms with Crippen molar-refractivity contribution < 1.29 is 19.1 Å². The van der Waals surface area contributed by atoms with Gasteiger partial charge in [0.1, 0.15) is 6.10 Å². The van der Waals surface area contributed by atoms with Gasteiger partial charge in [-0.05, 0) is 38.5 Å². The van der Waals surface area contributed by atoms with Crippen LogP contribution in [-0.4, -0.2) is 35.3 Å². The fraction of sp³-hybridized carbons (Fsp3) is 0.824. The van der Waals surface area contributed by atoms with E-state index < -0.39 is 0 Å². The number of nitrogens with zero attached hydrogens (tertiary/aromatic N) is 1. The molecule has 0 aromatic carbocycles. The van der Waals surface area contributed by atoms with Gasteiger partial charge >= 0.3 is 5.97 Å². The molecule has 22 heavy (non-hydrogen) atoms. The molecule has 2 atom stereocenters. The lowest BCUT2D eigenvalue weighted by Gasteiger charge is -2.22. The van der Waals surface area contributed by atoms with Crippen LogP contribution in [0.4, 0.5) is 0 Å². The third-order valence-electron chi connectivity index (χ3n) is 5.32. The standard InChI is InChI=1S/C17H25NO4/c19-15(22-12-6-2-1-3-7-12)10-11-18-16(20)13-8-4-5-9-14(13)17(18)21/h12-14H,1-11H2. The zero-order chi connectivity index (χ0) is 15.5. The van der Waals surface area contributed by atoms with Crippen molar-refractivity contribution in [2.75, 3.05) is 6.54 Å². The van der Waals surface area contributed by atoms with Gasteiger partial charge in [-0.3, -0.25) is 19.3 Å². The molecule has 5 nitrogen and oxygen atoms in total. The van der Waals surface area contributed by atoms with Crippen molar-refractivity contribution >= 4 is 17.8 Å². The fourth-order valence-corrected chi connectivity index (χ4v) is 4.08. The first-order valence-corrected chi connectivity index (χ1v) is 8.71. The summed E-state index contributed by atoms with van der Waals surface area (Å²) in [5, 5.41) is 0. The molecule has 0 radical (unpaired) electrons. The third-order valence-corrected chi connectivity index (χ3v) is 5.32. The van der Waals surface area contributed by atoms with Crippen LogP contribution in [0.2, 0.25) is 0 Å². The summed E-state index contributed by atoms with van der Waals surface area (Å²) in [7, 11) is 0. The maximum atomic E-state index is 12.3. The summed E-state index contributed by atoms with van der Waals surface area (Å²) in [6.45, 7) is 0.191. The van der Waals surface area contributed by atoms with Gasteiger partial charge < -0.3 is 4.74 Å². The molecule has 2 saturated carbocycles. The van der Waals surface area contributed by atoms with Gasteiger partial charge in [0.15, 0.2) is 0 Å². The molecular weight excluding hydrogens is 282 g/mol. The van der Waals surface area contributed by atoms with Gasteiger partial charge in [0, 0.05) is 6.54 Å². The maximum Gasteiger partial charge on any atom is 0.307 e. The summed E-state index contributed by atoms with van der Waals surface area (Å²) >= 11 is 0. The number of hydrogen-bond donors (Lipinski definition) is 0. The van der Waals surface area contributed by atoms with Crippen LogP contribution in [0.3, 0.4) is 0 Å². The van der Waals surface area contributed by atoms with Gasteiger partial charge in [-0.1, -0.05) is 19.3 Å². The first-order valence-electron chi connectivity index (χ1n) is 8.71. The summed E-state index contributed by atoms with van der Waals surface area (Å²) in [6, 6.07) is 0. The second-order valence-electron chi connectivity index (χ2n) is 6.83. The molecule has 3 rings (SSSR count). The number of rotatable bonds is 4. The molecule has 0 aromatic heterocycles. The number of carbonyl (C=O) groups is 3. The topological polar surface area (TPSA) is 63.7 Å². The number of likely N-dealkylation sites (tertiary alicyclic amines) is 1. The minimum absolute atomic E-state index is 0.0359. The molecule has 0 spiro atoms. The van der Waals surface area contributed by atoms with Crippen LogP contribution in [0.15, 0.2) is 0 Å². The molecular formula is C17H25NO4. The summed E-state index contributed by atoms with van der Waals surface area (Å²) in [5.74, 6) is -0.672. The van der Waals surface area contributed by atoms with Gasteiger partial charge in [0.25, 0.3) is 0 Å². The Bertz CT molecular complexity index is 432. The molecule has 2 aliphatic carbocycles. The van der Waals surface area contributed by atoms with E-state index in [4.69, 9.17) is 4.74 Å². The average Bonchev–Trinajstić information content (AvgIpc) is 2.78. The van der Waals surface area contributed by atoms with Gasteiger partial charge in [-0.15, -0.1) is 0 Å². The molecule has 1 aliphatic heterocycles. The van der Waals surface area contributed by atoms with Crippen molar-refractivity contribution in [3.8, 4) is 0 Å². The summed E-state index contributed by atoms with van der Waals surface area (Å²) in [4.78, 5) is 37.8. The van der Waals surface area contributed by atoms with E-state index in [0.29, 0.717) is 0 Å². The molecule has 0 bridgehead atoms. The van der Waals surface area contributed by atoms with E-state index in [-0.39, 0.29) is 48.7 Å². The van der Waals surface area contributed by atoms with Crippen LogP contribution < -0.4 is 0 Å². The Morgan fingerprint density at radius 1 is 0.909 bits per heavy atom. The monoisotopic (exact) mass is 307 g/mol. The van der Waals surface area contributed by atoms with Gasteiger partial charge in [0.2, 0.25) is 11.8 Å². The molecule has 5 heteroatoms. The molecule has 122 valence electrons. The quantitative estimate of drug-likeness (QED) is 0.591. The number of fused-ring (bicyclic) bond motifs is 1. The largest absolute Gasteiger partial charge is 0.462 e. The molecule has 1 saturated heterocycles. The molecule has 2 amide bonds. The minimum atomic E-state index is -0.276. The van der Waals surface area contributed by atoms with Crippen LogP contribution >= 0.6 is 0 Å². The maximum absolute atomic E-state index is 12.3. The van der Waals surface area contributed by atoms with E-state index in [1.54, 1.807) is 0 Å². The van der Waals surface area contributed by atoms with E-state index >= 15 is 0 Å². The number of imide groups is 1. The molecule has 1 heterocycles. The highest BCUT2D eigenvalue weighted by Crippen LogP contribution is 2.38. The van der Waals surface area contributed by atoms with Crippen LogP contribution in [0.1, 0.15) is 64.2 Å². The lowest BCUT2D eigenvalue weighted by atomic mass is 9.81. The number of amides is 2. The molecule has 0 aromatic rings. The van der Waals surface area contributed by atoms with Crippen molar-refractivity contribution in [2.45, 2.75) is 70.3 Å². The van der Waals surface area contributed by atoms with Crippen LogP contribution in [0.25, 0.3) is 0 Å². The van der Waals surface area contributed by atoms with E-state index in [1.807, 2.05) is 0 Å². The highest BCUT2D eigenvalue weighted by Gasteiger charge is 2.47. The second kappa shape index (κ2) is 6.80. The summed E-state index contributed by atoms with van der Waals surface area (Å²) in [5.41, 5.74) is 0. The van der Waals surface area contributed by atoms with Gasteiger partial charge in [0.05, 0.1) is 18.3 Å². The van der Waals surface area contributed by atoms with E-state index in [0.717, 1.165) is 51.4 Å². The third kappa shape index (κ3) is 3.18. The van der Waals surface area contributed by atoms with E-state index in [1.165, 1.54) is 11.3 Å². The number of carbonyl (C=O) groups excluding carboxylic acids is 3. The van der Waals surface area contributed by atoms with Crippen LogP contribution in [-0.2, 0) is 19.1 Å². The second-order valence-corrected chi connectivity index (χ2v) is 6.83. The highest BCUT2D eigenvalue weighted by molar-refractivity contribution is 6.05. The molecule has 0 N–H and O–H groups in total. The lowest BCUT2D eigenvalue weighted by Crippen LogP contribution is -2.34. The van der Waals surface area contributed by atoms with Crippen molar-refractivity contribution in [3.05, 3.63) is 0 Å². The number of esters is 1.